The van der Waals surface area contributed by atoms with Crippen molar-refractivity contribution in [2.24, 2.45) is 0 Å². The number of rotatable bonds is 4. The van der Waals surface area contributed by atoms with Gasteiger partial charge in [0.15, 0.2) is 17.5 Å². The Labute approximate surface area is 170 Å². The Morgan fingerprint density at radius 1 is 1.27 bits per heavy atom. The minimum Gasteiger partial charge on any atom is -0.478 e. The van der Waals surface area contributed by atoms with Crippen molar-refractivity contribution in [1.29, 1.82) is 0 Å². The number of ether oxygens (including phenoxy) is 2. The molecule has 1 aliphatic rings. The predicted molar refractivity (Wildman–Crippen MR) is 102 cm³/mol. The van der Waals surface area contributed by atoms with E-state index in [1.54, 1.807) is 6.07 Å². The fourth-order valence-corrected chi connectivity index (χ4v) is 3.82. The normalized spacial score (nSPS) is 28.3. The second kappa shape index (κ2) is 7.21. The maximum absolute atomic E-state index is 16.2. The van der Waals surface area contributed by atoms with Gasteiger partial charge in [0.05, 0.1) is 5.56 Å². The number of carbonyl (C=O) groups is 2. The lowest BCUT2D eigenvalue weighted by molar-refractivity contribution is -0.174. The minimum absolute atomic E-state index is 0.0218. The van der Waals surface area contributed by atoms with Crippen molar-refractivity contribution >= 4 is 11.9 Å². The Balaban J connectivity index is 2.23. The van der Waals surface area contributed by atoms with Gasteiger partial charge in [0.2, 0.25) is 0 Å². The van der Waals surface area contributed by atoms with Gasteiger partial charge in [-0.2, -0.15) is 0 Å². The third kappa shape index (κ3) is 3.22. The number of halogens is 1. The van der Waals surface area contributed by atoms with Crippen LogP contribution in [0.1, 0.15) is 54.6 Å². The van der Waals surface area contributed by atoms with Gasteiger partial charge < -0.3 is 14.6 Å². The first-order valence-electron chi connectivity index (χ1n) is 9.08. The highest BCUT2D eigenvalue weighted by Gasteiger charge is 2.67. The number of carbonyl (C=O) groups excluding carboxylic acids is 1. The lowest BCUT2D eigenvalue weighted by Crippen LogP contribution is -2.52. The van der Waals surface area contributed by atoms with E-state index in [-0.39, 0.29) is 5.56 Å². The quantitative estimate of drug-likeness (QED) is 0.723. The molecule has 0 radical (unpaired) electrons. The molecule has 10 heteroatoms. The van der Waals surface area contributed by atoms with Crippen molar-refractivity contribution < 1.29 is 28.6 Å². The van der Waals surface area contributed by atoms with Crippen LogP contribution in [0.2, 0.25) is 0 Å². The summed E-state index contributed by atoms with van der Waals surface area (Å²) in [5.74, 6) is -1.96. The molecule has 9 nitrogen and oxygen atoms in total. The Morgan fingerprint density at radius 2 is 1.93 bits per heavy atom. The Kier molecular flexibility index (Phi) is 5.15. The maximum Gasteiger partial charge on any atom is 0.335 e. The van der Waals surface area contributed by atoms with Crippen molar-refractivity contribution in [1.82, 2.24) is 9.55 Å². The maximum atomic E-state index is 16.2. The molecule has 0 aliphatic carbocycles. The summed E-state index contributed by atoms with van der Waals surface area (Å²) < 4.78 is 28.3. The van der Waals surface area contributed by atoms with Crippen LogP contribution in [-0.2, 0) is 14.3 Å². The molecule has 2 heterocycles. The summed E-state index contributed by atoms with van der Waals surface area (Å²) in [6.45, 7) is 5.08. The number of aromatic carboxylic acids is 1. The first-order chi connectivity index (χ1) is 13.9. The molecule has 1 aliphatic heterocycles. The highest BCUT2D eigenvalue weighted by Crippen LogP contribution is 2.56. The third-order valence-electron chi connectivity index (χ3n) is 5.55. The molecule has 30 heavy (non-hydrogen) atoms. The average molecular weight is 420 g/mol. The van der Waals surface area contributed by atoms with E-state index in [1.807, 2.05) is 4.98 Å². The molecule has 1 saturated heterocycles. The summed E-state index contributed by atoms with van der Waals surface area (Å²) >= 11 is 0. The van der Waals surface area contributed by atoms with Crippen molar-refractivity contribution in [3.63, 3.8) is 0 Å². The first kappa shape index (κ1) is 21.4. The number of benzene rings is 1. The SMILES string of the molecule is CC(=O)OC1(C)[C@@H](c2cccc(C(=O)O)c2C)OC(n2ccc(=O)[nH]c2=O)[C@]1(C)F. The number of hydrogen-bond acceptors (Lipinski definition) is 6. The van der Waals surface area contributed by atoms with Gasteiger partial charge in [0.1, 0.15) is 6.10 Å². The zero-order valence-corrected chi connectivity index (χ0v) is 16.8. The number of aromatic nitrogens is 2. The zero-order valence-electron chi connectivity index (χ0n) is 16.8. The van der Waals surface area contributed by atoms with Crippen LogP contribution in [0.25, 0.3) is 0 Å². The molecule has 0 amide bonds. The molecule has 1 aromatic carbocycles. The van der Waals surface area contributed by atoms with E-state index in [1.165, 1.54) is 26.0 Å². The van der Waals surface area contributed by atoms with Gasteiger partial charge in [-0.3, -0.25) is 19.1 Å². The van der Waals surface area contributed by atoms with Gasteiger partial charge in [-0.05, 0) is 38.0 Å². The van der Waals surface area contributed by atoms with Crippen LogP contribution in [0.15, 0.2) is 40.1 Å². The van der Waals surface area contributed by atoms with E-state index in [0.717, 1.165) is 30.7 Å². The molecule has 1 fully saturated rings. The van der Waals surface area contributed by atoms with E-state index < -0.39 is 46.8 Å². The van der Waals surface area contributed by atoms with Gasteiger partial charge in [-0.1, -0.05) is 12.1 Å². The van der Waals surface area contributed by atoms with Crippen molar-refractivity contribution in [3.05, 3.63) is 68.0 Å². The van der Waals surface area contributed by atoms with Crippen molar-refractivity contribution in [2.75, 3.05) is 0 Å². The molecule has 2 aromatic rings. The third-order valence-corrected chi connectivity index (χ3v) is 5.55. The van der Waals surface area contributed by atoms with Gasteiger partial charge >= 0.3 is 17.6 Å². The Hall–Kier alpha value is -3.27. The number of alkyl halides is 1. The number of carboxylic acid groups (broad SMARTS) is 1. The summed E-state index contributed by atoms with van der Waals surface area (Å²) in [6.07, 6.45) is -1.72. The molecule has 4 atom stereocenters. The van der Waals surface area contributed by atoms with Crippen LogP contribution in [-0.4, -0.2) is 37.9 Å². The molecule has 0 spiro atoms. The molecule has 3 rings (SSSR count). The largest absolute Gasteiger partial charge is 0.478 e. The van der Waals surface area contributed by atoms with Gasteiger partial charge in [-0.25, -0.2) is 14.0 Å². The number of hydrogen-bond donors (Lipinski definition) is 2. The topological polar surface area (TPSA) is 128 Å². The molecule has 2 unspecified atom stereocenters. The fourth-order valence-electron chi connectivity index (χ4n) is 3.82. The number of H-pyrrole nitrogens is 1. The summed E-state index contributed by atoms with van der Waals surface area (Å²) in [4.78, 5) is 49.1. The van der Waals surface area contributed by atoms with Gasteiger partial charge in [0.25, 0.3) is 5.56 Å². The first-order valence-corrected chi connectivity index (χ1v) is 9.08. The monoisotopic (exact) mass is 420 g/mol. The lowest BCUT2D eigenvalue weighted by Gasteiger charge is -2.37. The van der Waals surface area contributed by atoms with Crippen LogP contribution < -0.4 is 11.2 Å². The molecule has 0 bridgehead atoms. The molecular weight excluding hydrogens is 399 g/mol. The summed E-state index contributed by atoms with van der Waals surface area (Å²) in [5.41, 5.74) is -5.34. The van der Waals surface area contributed by atoms with E-state index >= 15 is 4.39 Å². The lowest BCUT2D eigenvalue weighted by atomic mass is 9.80. The summed E-state index contributed by atoms with van der Waals surface area (Å²) in [6, 6.07) is 5.44. The van der Waals surface area contributed by atoms with Crippen LogP contribution in [0.4, 0.5) is 4.39 Å². The number of nitrogens with zero attached hydrogens (tertiary/aromatic N) is 1. The fraction of sp³-hybridized carbons (Fsp3) is 0.400. The highest BCUT2D eigenvalue weighted by atomic mass is 19.1. The Bertz CT molecular complexity index is 1140. The Morgan fingerprint density at radius 3 is 2.50 bits per heavy atom. The van der Waals surface area contributed by atoms with Gasteiger partial charge in [0, 0.05) is 19.2 Å². The number of aromatic amines is 1. The van der Waals surface area contributed by atoms with Crippen LogP contribution >= 0.6 is 0 Å². The van der Waals surface area contributed by atoms with Crippen LogP contribution in [0.5, 0.6) is 0 Å². The van der Waals surface area contributed by atoms with Gasteiger partial charge in [-0.15, -0.1) is 0 Å². The molecule has 0 saturated carbocycles. The van der Waals surface area contributed by atoms with E-state index in [2.05, 4.69) is 0 Å². The van der Waals surface area contributed by atoms with E-state index in [9.17, 15) is 24.3 Å². The molecule has 160 valence electrons. The summed E-state index contributed by atoms with van der Waals surface area (Å²) in [7, 11) is 0. The predicted octanol–water partition coefficient (Wildman–Crippen LogP) is 1.86. The summed E-state index contributed by atoms with van der Waals surface area (Å²) in [5, 5.41) is 9.42. The van der Waals surface area contributed by atoms with E-state index in [0.29, 0.717) is 11.1 Å². The second-order valence-electron chi connectivity index (χ2n) is 7.49. The van der Waals surface area contributed by atoms with Crippen molar-refractivity contribution in [3.8, 4) is 0 Å². The van der Waals surface area contributed by atoms with Crippen LogP contribution in [0.3, 0.4) is 0 Å². The smallest absolute Gasteiger partial charge is 0.335 e. The molecule has 1 aromatic heterocycles. The van der Waals surface area contributed by atoms with E-state index in [4.69, 9.17) is 9.47 Å². The zero-order chi connectivity index (χ0) is 22.4. The average Bonchev–Trinajstić information content (AvgIpc) is 2.81. The number of carboxylic acids is 1. The van der Waals surface area contributed by atoms with Crippen LogP contribution in [0, 0.1) is 6.92 Å². The second-order valence-corrected chi connectivity index (χ2v) is 7.49. The highest BCUT2D eigenvalue weighted by molar-refractivity contribution is 5.89. The van der Waals surface area contributed by atoms with Crippen molar-refractivity contribution in [2.45, 2.75) is 51.3 Å². The minimum atomic E-state index is -2.43. The number of nitrogens with one attached hydrogen (secondary N) is 1. The molecular formula is C20H21FN2O7. The number of esters is 1. The molecule has 2 N–H and O–H groups in total. The standard InChI is InChI=1S/C20H21FN2O7/c1-10-12(6-5-7-13(10)16(26)27)15-20(4,30-11(2)24)19(3,21)17(29-15)23-9-8-14(25)22-18(23)28/h5-9,15,17H,1-4H3,(H,26,27)(H,22,25,28)/t15-,17?,19+,20?/m1/s1.